The number of hydrogen-bond donors (Lipinski definition) is 1. The van der Waals surface area contributed by atoms with Gasteiger partial charge in [0.25, 0.3) is 0 Å². The van der Waals surface area contributed by atoms with Gasteiger partial charge in [0.05, 0.1) is 17.6 Å². The van der Waals surface area contributed by atoms with Crippen molar-refractivity contribution < 1.29 is 4.79 Å². The van der Waals surface area contributed by atoms with Crippen molar-refractivity contribution in [1.29, 1.82) is 0 Å². The zero-order valence-corrected chi connectivity index (χ0v) is 10.5. The second kappa shape index (κ2) is 6.16. The number of aromatic nitrogens is 3. The number of para-hydroxylation sites is 1. The van der Waals surface area contributed by atoms with Crippen LogP contribution in [0.2, 0.25) is 0 Å². The summed E-state index contributed by atoms with van der Waals surface area (Å²) in [6.07, 6.45) is 2.33. The molecule has 0 spiro atoms. The van der Waals surface area contributed by atoms with Crippen LogP contribution in [0.1, 0.15) is 5.69 Å². The van der Waals surface area contributed by atoms with Crippen molar-refractivity contribution in [3.8, 4) is 5.69 Å². The number of carbonyl (C=O) groups excluding carboxylic acids is 1. The molecule has 1 aromatic heterocycles. The van der Waals surface area contributed by atoms with E-state index in [2.05, 4.69) is 15.5 Å². The Labute approximate surface area is 110 Å². The lowest BCUT2D eigenvalue weighted by molar-refractivity contribution is -0.118. The minimum absolute atomic E-state index is 0.0172. The number of amides is 1. The van der Waals surface area contributed by atoms with Crippen LogP contribution < -0.4 is 5.32 Å². The number of rotatable bonds is 5. The lowest BCUT2D eigenvalue weighted by Crippen LogP contribution is -2.26. The minimum Gasteiger partial charge on any atom is -0.355 e. The maximum Gasteiger partial charge on any atom is 0.234 e. The molecule has 2 rings (SSSR count). The smallest absolute Gasteiger partial charge is 0.234 e. The Kier molecular flexibility index (Phi) is 4.30. The van der Waals surface area contributed by atoms with Crippen molar-refractivity contribution in [2.45, 2.75) is 6.42 Å². The van der Waals surface area contributed by atoms with Crippen LogP contribution in [-0.4, -0.2) is 33.3 Å². The van der Waals surface area contributed by atoms with E-state index in [9.17, 15) is 4.79 Å². The normalized spacial score (nSPS) is 10.3. The van der Waals surface area contributed by atoms with Gasteiger partial charge in [-0.1, -0.05) is 18.2 Å². The van der Waals surface area contributed by atoms with Crippen molar-refractivity contribution >= 4 is 17.5 Å². The number of nitrogens with zero attached hydrogens (tertiary/aromatic N) is 3. The fourth-order valence-corrected chi connectivity index (χ4v) is 1.57. The van der Waals surface area contributed by atoms with E-state index in [1.54, 1.807) is 11.0 Å². The lowest BCUT2D eigenvalue weighted by atomic mass is 10.3. The largest absolute Gasteiger partial charge is 0.355 e. The van der Waals surface area contributed by atoms with Crippen LogP contribution in [0.15, 0.2) is 36.5 Å². The Hall–Kier alpha value is -1.88. The van der Waals surface area contributed by atoms with E-state index in [-0.39, 0.29) is 11.8 Å². The van der Waals surface area contributed by atoms with E-state index in [4.69, 9.17) is 11.6 Å². The molecule has 1 N–H and O–H groups in total. The van der Waals surface area contributed by atoms with Crippen LogP contribution in [-0.2, 0) is 11.2 Å². The van der Waals surface area contributed by atoms with Crippen LogP contribution in [0, 0.1) is 0 Å². The fraction of sp³-hybridized carbons (Fsp3) is 0.250. The molecule has 0 aliphatic heterocycles. The molecule has 0 radical (unpaired) electrons. The third-order valence-corrected chi connectivity index (χ3v) is 2.59. The Bertz CT molecular complexity index is 512. The van der Waals surface area contributed by atoms with Gasteiger partial charge in [-0.15, -0.1) is 11.6 Å². The quantitative estimate of drug-likeness (QED) is 0.825. The second-order valence-electron chi connectivity index (χ2n) is 3.69. The monoisotopic (exact) mass is 264 g/mol. The number of carbonyl (C=O) groups is 1. The fourth-order valence-electron chi connectivity index (χ4n) is 1.47. The van der Waals surface area contributed by atoms with Gasteiger partial charge in [-0.25, -0.2) is 0 Å². The zero-order valence-electron chi connectivity index (χ0n) is 9.71. The first kappa shape index (κ1) is 12.6. The summed E-state index contributed by atoms with van der Waals surface area (Å²) >= 11 is 5.37. The Morgan fingerprint density at radius 3 is 2.83 bits per heavy atom. The molecule has 1 heterocycles. The number of nitrogens with one attached hydrogen (secondary N) is 1. The van der Waals surface area contributed by atoms with E-state index in [0.29, 0.717) is 13.0 Å². The minimum atomic E-state index is -0.174. The molecule has 0 atom stereocenters. The third-order valence-electron chi connectivity index (χ3n) is 2.35. The van der Waals surface area contributed by atoms with Crippen LogP contribution in [0.3, 0.4) is 0 Å². The highest BCUT2D eigenvalue weighted by atomic mass is 35.5. The van der Waals surface area contributed by atoms with Gasteiger partial charge in [0.1, 0.15) is 5.88 Å². The van der Waals surface area contributed by atoms with Gasteiger partial charge in [0, 0.05) is 13.0 Å². The molecule has 0 unspecified atom stereocenters. The highest BCUT2D eigenvalue weighted by molar-refractivity contribution is 6.27. The third kappa shape index (κ3) is 3.30. The van der Waals surface area contributed by atoms with E-state index in [0.717, 1.165) is 11.4 Å². The molecular formula is C12H13ClN4O. The van der Waals surface area contributed by atoms with Crippen LogP contribution in [0.4, 0.5) is 0 Å². The number of alkyl halides is 1. The molecule has 0 saturated heterocycles. The molecule has 94 valence electrons. The molecule has 1 aromatic carbocycles. The molecule has 5 nitrogen and oxygen atoms in total. The maximum absolute atomic E-state index is 10.9. The van der Waals surface area contributed by atoms with E-state index < -0.39 is 0 Å². The first-order valence-electron chi connectivity index (χ1n) is 5.59. The Morgan fingerprint density at radius 2 is 2.11 bits per heavy atom. The van der Waals surface area contributed by atoms with Gasteiger partial charge in [-0.2, -0.15) is 15.0 Å². The van der Waals surface area contributed by atoms with E-state index >= 15 is 0 Å². The molecular weight excluding hydrogens is 252 g/mol. The van der Waals surface area contributed by atoms with Crippen molar-refractivity contribution in [2.75, 3.05) is 12.4 Å². The predicted octanol–water partition coefficient (Wildman–Crippen LogP) is 1.16. The number of halogens is 1. The Morgan fingerprint density at radius 1 is 1.33 bits per heavy atom. The van der Waals surface area contributed by atoms with Crippen molar-refractivity contribution in [2.24, 2.45) is 0 Å². The molecule has 0 saturated carbocycles. The van der Waals surface area contributed by atoms with Crippen molar-refractivity contribution in [1.82, 2.24) is 20.3 Å². The van der Waals surface area contributed by atoms with Crippen molar-refractivity contribution in [3.05, 3.63) is 42.2 Å². The van der Waals surface area contributed by atoms with Gasteiger partial charge in [-0.05, 0) is 12.1 Å². The average Bonchev–Trinajstić information content (AvgIpc) is 2.88. The highest BCUT2D eigenvalue weighted by Gasteiger charge is 2.03. The molecule has 0 fully saturated rings. The molecule has 1 amide bonds. The van der Waals surface area contributed by atoms with Gasteiger partial charge >= 0.3 is 0 Å². The predicted molar refractivity (Wildman–Crippen MR) is 68.8 cm³/mol. The summed E-state index contributed by atoms with van der Waals surface area (Å²) in [4.78, 5) is 12.5. The summed E-state index contributed by atoms with van der Waals surface area (Å²) in [6.45, 7) is 0.513. The van der Waals surface area contributed by atoms with E-state index in [1.807, 2.05) is 30.3 Å². The van der Waals surface area contributed by atoms with Gasteiger partial charge in [-0.3, -0.25) is 4.79 Å². The number of hydrogen-bond acceptors (Lipinski definition) is 3. The zero-order chi connectivity index (χ0) is 12.8. The molecule has 0 bridgehead atoms. The molecule has 0 aliphatic carbocycles. The standard InChI is InChI=1S/C12H13ClN4O/c13-8-12(18)14-7-6-10-9-15-17(16-10)11-4-2-1-3-5-11/h1-5,9H,6-8H2,(H,14,18). The molecule has 0 aliphatic rings. The summed E-state index contributed by atoms with van der Waals surface area (Å²) < 4.78 is 0. The topological polar surface area (TPSA) is 59.8 Å². The van der Waals surface area contributed by atoms with Gasteiger partial charge in [0.15, 0.2) is 0 Å². The number of benzene rings is 1. The molecule has 2 aromatic rings. The average molecular weight is 265 g/mol. The van der Waals surface area contributed by atoms with E-state index in [1.165, 1.54) is 0 Å². The van der Waals surface area contributed by atoms with Crippen LogP contribution >= 0.6 is 11.6 Å². The SMILES string of the molecule is O=C(CCl)NCCc1cnn(-c2ccccc2)n1. The molecule has 6 heteroatoms. The maximum atomic E-state index is 10.9. The van der Waals surface area contributed by atoms with Gasteiger partial charge in [0.2, 0.25) is 5.91 Å². The summed E-state index contributed by atoms with van der Waals surface area (Å²) in [6, 6.07) is 9.66. The first-order chi connectivity index (χ1) is 8.79. The highest BCUT2D eigenvalue weighted by Crippen LogP contribution is 2.04. The summed E-state index contributed by atoms with van der Waals surface area (Å²) in [5, 5.41) is 11.2. The lowest BCUT2D eigenvalue weighted by Gasteiger charge is -2.00. The second-order valence-corrected chi connectivity index (χ2v) is 3.96. The summed E-state index contributed by atoms with van der Waals surface area (Å²) in [7, 11) is 0. The molecule has 18 heavy (non-hydrogen) atoms. The van der Waals surface area contributed by atoms with Crippen LogP contribution in [0.5, 0.6) is 0 Å². The summed E-state index contributed by atoms with van der Waals surface area (Å²) in [5.41, 5.74) is 1.74. The van der Waals surface area contributed by atoms with Crippen molar-refractivity contribution in [3.63, 3.8) is 0 Å². The Balaban J connectivity index is 1.93. The van der Waals surface area contributed by atoms with Crippen LogP contribution in [0.25, 0.3) is 5.69 Å². The van der Waals surface area contributed by atoms with Gasteiger partial charge < -0.3 is 5.32 Å². The summed E-state index contributed by atoms with van der Waals surface area (Å²) in [5.74, 6) is -0.191. The first-order valence-corrected chi connectivity index (χ1v) is 6.12.